The fourth-order valence-electron chi connectivity index (χ4n) is 2.29. The van der Waals surface area contributed by atoms with Gasteiger partial charge in [-0.2, -0.15) is 0 Å². The molecule has 0 radical (unpaired) electrons. The van der Waals surface area contributed by atoms with Gasteiger partial charge in [0.25, 0.3) is 0 Å². The van der Waals surface area contributed by atoms with Crippen LogP contribution in [0.25, 0.3) is 11.2 Å². The van der Waals surface area contributed by atoms with Gasteiger partial charge in [-0.1, -0.05) is 35.5 Å². The number of hydrogen-bond acceptors (Lipinski definition) is 5. The van der Waals surface area contributed by atoms with Gasteiger partial charge in [0.15, 0.2) is 17.0 Å². The average Bonchev–Trinajstić information content (AvgIpc) is 2.89. The van der Waals surface area contributed by atoms with Crippen molar-refractivity contribution < 1.29 is 0 Å². The fourth-order valence-corrected chi connectivity index (χ4v) is 2.29. The topological polar surface area (TPSA) is 68.5 Å². The van der Waals surface area contributed by atoms with Crippen molar-refractivity contribution in [1.82, 2.24) is 25.0 Å². The molecule has 0 aliphatic rings. The normalized spacial score (nSPS) is 12.5. The molecule has 0 spiro atoms. The van der Waals surface area contributed by atoms with Gasteiger partial charge in [-0.25, -0.2) is 14.6 Å². The van der Waals surface area contributed by atoms with Crippen molar-refractivity contribution in [2.45, 2.75) is 25.8 Å². The Morgan fingerprint density at radius 3 is 2.81 bits per heavy atom. The van der Waals surface area contributed by atoms with Gasteiger partial charge in [0, 0.05) is 13.1 Å². The van der Waals surface area contributed by atoms with Gasteiger partial charge >= 0.3 is 0 Å². The Labute approximate surface area is 123 Å². The van der Waals surface area contributed by atoms with Crippen LogP contribution in [0, 0.1) is 0 Å². The molecule has 0 amide bonds. The zero-order valence-corrected chi connectivity index (χ0v) is 12.2. The van der Waals surface area contributed by atoms with E-state index in [4.69, 9.17) is 0 Å². The molecule has 0 saturated heterocycles. The van der Waals surface area contributed by atoms with E-state index < -0.39 is 0 Å². The van der Waals surface area contributed by atoms with E-state index in [0.29, 0.717) is 11.6 Å². The van der Waals surface area contributed by atoms with Crippen LogP contribution in [-0.4, -0.2) is 31.0 Å². The Morgan fingerprint density at radius 1 is 1.19 bits per heavy atom. The van der Waals surface area contributed by atoms with Gasteiger partial charge < -0.3 is 5.32 Å². The number of hydrogen-bond donors (Lipinski definition) is 1. The van der Waals surface area contributed by atoms with Gasteiger partial charge in [0.1, 0.15) is 6.33 Å². The highest BCUT2D eigenvalue weighted by molar-refractivity contribution is 5.81. The van der Waals surface area contributed by atoms with Crippen LogP contribution < -0.4 is 5.32 Å². The second-order valence-corrected chi connectivity index (χ2v) is 5.18. The summed E-state index contributed by atoms with van der Waals surface area (Å²) in [5.74, 6) is 0.744. The monoisotopic (exact) mass is 282 g/mol. The van der Waals surface area contributed by atoms with Crippen LogP contribution in [0.4, 0.5) is 5.82 Å². The zero-order chi connectivity index (χ0) is 14.7. The fraction of sp³-hybridized carbons (Fsp3) is 0.333. The first-order valence-corrected chi connectivity index (χ1v) is 7.05. The van der Waals surface area contributed by atoms with Crippen LogP contribution in [0.5, 0.6) is 0 Å². The number of fused-ring (bicyclic) bond motifs is 1. The summed E-state index contributed by atoms with van der Waals surface area (Å²) in [6, 6.07) is 10.8. The molecule has 3 rings (SSSR count). The lowest BCUT2D eigenvalue weighted by Crippen LogP contribution is -2.17. The summed E-state index contributed by atoms with van der Waals surface area (Å²) < 4.78 is 1.65. The summed E-state index contributed by atoms with van der Waals surface area (Å²) >= 11 is 0. The van der Waals surface area contributed by atoms with Crippen LogP contribution in [0.3, 0.4) is 0 Å². The van der Waals surface area contributed by atoms with Crippen LogP contribution in [0.15, 0.2) is 36.7 Å². The summed E-state index contributed by atoms with van der Waals surface area (Å²) in [7, 11) is 1.82. The number of nitrogens with zero attached hydrogens (tertiary/aromatic N) is 5. The third-order valence-corrected chi connectivity index (χ3v) is 3.48. The van der Waals surface area contributed by atoms with Crippen molar-refractivity contribution in [3.8, 4) is 0 Å². The molecule has 3 aromatic rings. The molecule has 0 fully saturated rings. The summed E-state index contributed by atoms with van der Waals surface area (Å²) in [4.78, 5) is 8.47. The van der Waals surface area contributed by atoms with E-state index in [1.165, 1.54) is 11.9 Å². The molecule has 6 heteroatoms. The maximum Gasteiger partial charge on any atom is 0.183 e. The minimum Gasteiger partial charge on any atom is -0.366 e. The molecule has 2 heterocycles. The lowest BCUT2D eigenvalue weighted by atomic mass is 10.1. The standard InChI is InChI=1S/C15H18N6/c1-11(8-9-12-6-4-3-5-7-12)18-14-13-15(17-10-16-14)21(2)20-19-13/h3-7,10-11H,8-9H2,1-2H3,(H,16,17,18)/t11-/m0/s1. The van der Waals surface area contributed by atoms with Gasteiger partial charge in [0.05, 0.1) is 0 Å². The molecule has 21 heavy (non-hydrogen) atoms. The highest BCUT2D eigenvalue weighted by atomic mass is 15.4. The lowest BCUT2D eigenvalue weighted by Gasteiger charge is -2.14. The smallest absolute Gasteiger partial charge is 0.183 e. The summed E-state index contributed by atoms with van der Waals surface area (Å²) in [5.41, 5.74) is 2.80. The third kappa shape index (κ3) is 2.99. The highest BCUT2D eigenvalue weighted by Gasteiger charge is 2.11. The van der Waals surface area contributed by atoms with Crippen LogP contribution >= 0.6 is 0 Å². The van der Waals surface area contributed by atoms with Crippen molar-refractivity contribution in [3.05, 3.63) is 42.2 Å². The van der Waals surface area contributed by atoms with E-state index in [9.17, 15) is 0 Å². The molecular formula is C15H18N6. The van der Waals surface area contributed by atoms with Crippen molar-refractivity contribution in [1.29, 1.82) is 0 Å². The molecular weight excluding hydrogens is 264 g/mol. The lowest BCUT2D eigenvalue weighted by molar-refractivity contribution is 0.703. The van der Waals surface area contributed by atoms with E-state index in [-0.39, 0.29) is 0 Å². The first-order chi connectivity index (χ1) is 10.2. The molecule has 0 aliphatic carbocycles. The molecule has 0 unspecified atom stereocenters. The van der Waals surface area contributed by atoms with Gasteiger partial charge in [-0.3, -0.25) is 0 Å². The third-order valence-electron chi connectivity index (χ3n) is 3.48. The molecule has 0 bridgehead atoms. The van der Waals surface area contributed by atoms with E-state index in [1.54, 1.807) is 4.68 Å². The van der Waals surface area contributed by atoms with E-state index in [0.717, 1.165) is 24.3 Å². The van der Waals surface area contributed by atoms with Gasteiger partial charge in [-0.05, 0) is 25.3 Å². The number of anilines is 1. The Bertz CT molecular complexity index is 721. The van der Waals surface area contributed by atoms with Gasteiger partial charge in [-0.15, -0.1) is 5.10 Å². The molecule has 0 aliphatic heterocycles. The number of aryl methyl sites for hydroxylation is 2. The van der Waals surface area contributed by atoms with Gasteiger partial charge in [0.2, 0.25) is 0 Å². The maximum absolute atomic E-state index is 4.28. The van der Waals surface area contributed by atoms with Crippen molar-refractivity contribution >= 4 is 17.0 Å². The summed E-state index contributed by atoms with van der Waals surface area (Å²) in [6.45, 7) is 2.15. The molecule has 1 aromatic carbocycles. The first kappa shape index (κ1) is 13.5. The number of aromatic nitrogens is 5. The SMILES string of the molecule is C[C@@H](CCc1ccccc1)Nc1ncnc2c1nnn2C. The second kappa shape index (κ2) is 5.87. The Balaban J connectivity index is 1.67. The van der Waals surface area contributed by atoms with Crippen LogP contribution in [-0.2, 0) is 13.5 Å². The maximum atomic E-state index is 4.28. The largest absolute Gasteiger partial charge is 0.366 e. The zero-order valence-electron chi connectivity index (χ0n) is 12.2. The minimum atomic E-state index is 0.297. The summed E-state index contributed by atoms with van der Waals surface area (Å²) in [6.07, 6.45) is 3.59. The highest BCUT2D eigenvalue weighted by Crippen LogP contribution is 2.17. The Morgan fingerprint density at radius 2 is 2.00 bits per heavy atom. The van der Waals surface area contributed by atoms with Crippen molar-refractivity contribution in [2.24, 2.45) is 7.05 Å². The minimum absolute atomic E-state index is 0.297. The molecule has 0 saturated carbocycles. The van der Waals surface area contributed by atoms with Crippen molar-refractivity contribution in [2.75, 3.05) is 5.32 Å². The average molecular weight is 282 g/mol. The van der Waals surface area contributed by atoms with E-state index in [1.807, 2.05) is 13.1 Å². The predicted octanol–water partition coefficient (Wildman–Crippen LogP) is 2.19. The van der Waals surface area contributed by atoms with Crippen LogP contribution in [0.2, 0.25) is 0 Å². The first-order valence-electron chi connectivity index (χ1n) is 7.05. The molecule has 108 valence electrons. The van der Waals surface area contributed by atoms with E-state index in [2.05, 4.69) is 56.8 Å². The predicted molar refractivity (Wildman–Crippen MR) is 81.9 cm³/mol. The molecule has 1 atom stereocenters. The van der Waals surface area contributed by atoms with Crippen LogP contribution in [0.1, 0.15) is 18.9 Å². The number of rotatable bonds is 5. The number of benzene rings is 1. The molecule has 6 nitrogen and oxygen atoms in total. The summed E-state index contributed by atoms with van der Waals surface area (Å²) in [5, 5.41) is 11.5. The molecule has 2 aromatic heterocycles. The number of nitrogens with one attached hydrogen (secondary N) is 1. The van der Waals surface area contributed by atoms with Crippen molar-refractivity contribution in [3.63, 3.8) is 0 Å². The van der Waals surface area contributed by atoms with E-state index >= 15 is 0 Å². The quantitative estimate of drug-likeness (QED) is 0.777. The Kier molecular flexibility index (Phi) is 3.77. The Hall–Kier alpha value is -2.50. The molecule has 1 N–H and O–H groups in total. The second-order valence-electron chi connectivity index (χ2n) is 5.18.